The van der Waals surface area contributed by atoms with Crippen molar-refractivity contribution < 1.29 is 18.6 Å². The Kier molecular flexibility index (Phi) is 5.48. The number of hydrogen-bond donors (Lipinski definition) is 1. The highest BCUT2D eigenvalue weighted by atomic mass is 19.1. The van der Waals surface area contributed by atoms with Crippen LogP contribution < -0.4 is 14.2 Å². The minimum Gasteiger partial charge on any atom is -0.493 e. The van der Waals surface area contributed by atoms with Crippen molar-refractivity contribution in [3.63, 3.8) is 0 Å². The summed E-state index contributed by atoms with van der Waals surface area (Å²) in [5, 5.41) is 9.32. The van der Waals surface area contributed by atoms with E-state index in [1.165, 1.54) is 6.20 Å². The van der Waals surface area contributed by atoms with Crippen molar-refractivity contribution in [2.75, 3.05) is 13.7 Å². The van der Waals surface area contributed by atoms with E-state index in [-0.39, 0.29) is 5.75 Å². The molecule has 1 N–H and O–H groups in total. The van der Waals surface area contributed by atoms with Crippen LogP contribution in [-0.4, -0.2) is 33.9 Å². The van der Waals surface area contributed by atoms with Crippen LogP contribution in [0.2, 0.25) is 0 Å². The second-order valence-electron chi connectivity index (χ2n) is 7.58. The molecular formula is C25H21FN4O3. The van der Waals surface area contributed by atoms with Crippen LogP contribution in [0.4, 0.5) is 4.39 Å². The van der Waals surface area contributed by atoms with Gasteiger partial charge in [-0.15, -0.1) is 0 Å². The topological polar surface area (TPSA) is 82.2 Å². The third kappa shape index (κ3) is 4.15. The summed E-state index contributed by atoms with van der Waals surface area (Å²) in [6, 6.07) is 12.5. The number of fused-ring (bicyclic) bond motifs is 2. The molecule has 33 heavy (non-hydrogen) atoms. The molecule has 0 saturated heterocycles. The maximum atomic E-state index is 15.0. The molecular weight excluding hydrogens is 423 g/mol. The molecule has 8 heteroatoms. The first-order chi connectivity index (χ1) is 16.1. The van der Waals surface area contributed by atoms with Gasteiger partial charge in [-0.2, -0.15) is 10.2 Å². The number of aromatic nitrogens is 4. The zero-order valence-corrected chi connectivity index (χ0v) is 18.1. The maximum Gasteiger partial charge on any atom is 0.175 e. The number of nitrogens with zero attached hydrogens (tertiary/aromatic N) is 3. The maximum absolute atomic E-state index is 15.0. The zero-order valence-electron chi connectivity index (χ0n) is 18.1. The first-order valence-electron chi connectivity index (χ1n) is 10.4. The van der Waals surface area contributed by atoms with Crippen LogP contribution in [0.25, 0.3) is 21.8 Å². The molecule has 0 aliphatic rings. The number of aromatic amines is 1. The first-order valence-corrected chi connectivity index (χ1v) is 10.4. The fraction of sp³-hybridized carbons (Fsp3) is 0.160. The number of methoxy groups -OCH3 is 1. The van der Waals surface area contributed by atoms with Gasteiger partial charge in [0, 0.05) is 41.5 Å². The standard InChI is InChI=1S/C25H21FN4O3/c1-15-11-18-19(29-15)3-4-21(25(18)26)33-24-14-28-30-20-13-23(22(31-2)12-17(20)24)32-10-7-16-5-8-27-9-6-16/h3-6,8-9,11-14,29H,7,10H2,1-2H3. The Morgan fingerprint density at radius 1 is 0.939 bits per heavy atom. The van der Waals surface area contributed by atoms with Crippen LogP contribution in [0.3, 0.4) is 0 Å². The lowest BCUT2D eigenvalue weighted by atomic mass is 10.2. The molecule has 7 nitrogen and oxygen atoms in total. The van der Waals surface area contributed by atoms with Crippen LogP contribution in [0.1, 0.15) is 11.3 Å². The molecule has 3 heterocycles. The van der Waals surface area contributed by atoms with Gasteiger partial charge in [-0.1, -0.05) is 0 Å². The highest BCUT2D eigenvalue weighted by molar-refractivity contribution is 5.88. The third-order valence-corrected chi connectivity index (χ3v) is 5.34. The van der Waals surface area contributed by atoms with E-state index in [4.69, 9.17) is 14.2 Å². The molecule has 0 fully saturated rings. The molecule has 5 aromatic rings. The monoisotopic (exact) mass is 444 g/mol. The predicted octanol–water partition coefficient (Wildman–Crippen LogP) is 5.38. The highest BCUT2D eigenvalue weighted by Gasteiger charge is 2.16. The number of nitrogens with one attached hydrogen (secondary N) is 1. The van der Waals surface area contributed by atoms with Crippen molar-refractivity contribution in [3.05, 3.63) is 78.1 Å². The molecule has 2 aromatic carbocycles. The number of ether oxygens (including phenoxy) is 3. The van der Waals surface area contributed by atoms with Gasteiger partial charge in [0.15, 0.2) is 28.8 Å². The fourth-order valence-corrected chi connectivity index (χ4v) is 3.71. The van der Waals surface area contributed by atoms with Crippen molar-refractivity contribution in [2.45, 2.75) is 13.3 Å². The van der Waals surface area contributed by atoms with E-state index >= 15 is 4.39 Å². The quantitative estimate of drug-likeness (QED) is 0.363. The summed E-state index contributed by atoms with van der Waals surface area (Å²) in [6.45, 7) is 2.33. The van der Waals surface area contributed by atoms with Crippen molar-refractivity contribution in [1.29, 1.82) is 0 Å². The van der Waals surface area contributed by atoms with Gasteiger partial charge in [0.2, 0.25) is 0 Å². The molecule has 0 atom stereocenters. The minimum atomic E-state index is -0.440. The molecule has 0 bridgehead atoms. The van der Waals surface area contributed by atoms with E-state index in [9.17, 15) is 0 Å². The summed E-state index contributed by atoms with van der Waals surface area (Å²) in [4.78, 5) is 7.14. The molecule has 0 radical (unpaired) electrons. The van der Waals surface area contributed by atoms with E-state index in [1.54, 1.807) is 49.8 Å². The summed E-state index contributed by atoms with van der Waals surface area (Å²) >= 11 is 0. The Labute approximate surface area is 189 Å². The normalized spacial score (nSPS) is 11.1. The number of halogens is 1. The van der Waals surface area contributed by atoms with Crippen molar-refractivity contribution >= 4 is 21.8 Å². The van der Waals surface area contributed by atoms with E-state index in [1.807, 2.05) is 19.1 Å². The molecule has 5 rings (SSSR count). The second kappa shape index (κ2) is 8.74. The fourth-order valence-electron chi connectivity index (χ4n) is 3.71. The molecule has 3 aromatic heterocycles. The van der Waals surface area contributed by atoms with Crippen LogP contribution in [0.15, 0.2) is 61.1 Å². The average molecular weight is 444 g/mol. The van der Waals surface area contributed by atoms with Gasteiger partial charge in [0.05, 0.1) is 25.3 Å². The molecule has 0 aliphatic carbocycles. The number of pyridine rings is 1. The number of H-pyrrole nitrogens is 1. The molecule has 0 saturated carbocycles. The van der Waals surface area contributed by atoms with Crippen molar-refractivity contribution in [1.82, 2.24) is 20.2 Å². The lowest BCUT2D eigenvalue weighted by Crippen LogP contribution is -2.03. The Morgan fingerprint density at radius 2 is 1.79 bits per heavy atom. The number of rotatable bonds is 7. The Morgan fingerprint density at radius 3 is 2.61 bits per heavy atom. The van der Waals surface area contributed by atoms with Crippen molar-refractivity contribution in [3.8, 4) is 23.0 Å². The number of benzene rings is 2. The van der Waals surface area contributed by atoms with Crippen LogP contribution >= 0.6 is 0 Å². The van der Waals surface area contributed by atoms with E-state index in [2.05, 4.69) is 20.2 Å². The Balaban J connectivity index is 1.44. The molecule has 0 aliphatic heterocycles. The Bertz CT molecular complexity index is 1440. The summed E-state index contributed by atoms with van der Waals surface area (Å²) in [6.07, 6.45) is 5.68. The highest BCUT2D eigenvalue weighted by Crippen LogP contribution is 2.38. The SMILES string of the molecule is COc1cc2c(Oc3ccc4[nH]c(C)cc4c3F)cnnc2cc1OCCc1ccncc1. The Hall–Kier alpha value is -4.20. The van der Waals surface area contributed by atoms with Gasteiger partial charge >= 0.3 is 0 Å². The zero-order chi connectivity index (χ0) is 22.8. The molecule has 166 valence electrons. The predicted molar refractivity (Wildman–Crippen MR) is 123 cm³/mol. The van der Waals surface area contributed by atoms with Crippen LogP contribution in [-0.2, 0) is 6.42 Å². The molecule has 0 amide bonds. The average Bonchev–Trinajstić information content (AvgIpc) is 3.22. The van der Waals surface area contributed by atoms with E-state index in [0.29, 0.717) is 45.7 Å². The second-order valence-corrected chi connectivity index (χ2v) is 7.58. The summed E-state index contributed by atoms with van der Waals surface area (Å²) in [7, 11) is 1.56. The number of hydrogen-bond acceptors (Lipinski definition) is 6. The lowest BCUT2D eigenvalue weighted by Gasteiger charge is -2.14. The minimum absolute atomic E-state index is 0.104. The van der Waals surface area contributed by atoms with Crippen LogP contribution in [0, 0.1) is 12.7 Å². The van der Waals surface area contributed by atoms with Gasteiger partial charge in [-0.05, 0) is 48.9 Å². The van der Waals surface area contributed by atoms with Gasteiger partial charge in [0.1, 0.15) is 5.52 Å². The van der Waals surface area contributed by atoms with E-state index < -0.39 is 5.82 Å². The number of aryl methyl sites for hydroxylation is 1. The smallest absolute Gasteiger partial charge is 0.175 e. The van der Waals surface area contributed by atoms with Gasteiger partial charge in [-0.3, -0.25) is 4.98 Å². The first kappa shape index (κ1) is 20.7. The largest absolute Gasteiger partial charge is 0.493 e. The molecule has 0 unspecified atom stereocenters. The third-order valence-electron chi connectivity index (χ3n) is 5.34. The van der Waals surface area contributed by atoms with Crippen molar-refractivity contribution in [2.24, 2.45) is 0 Å². The van der Waals surface area contributed by atoms with Gasteiger partial charge < -0.3 is 19.2 Å². The lowest BCUT2D eigenvalue weighted by molar-refractivity contribution is 0.298. The summed E-state index contributed by atoms with van der Waals surface area (Å²) in [5.41, 5.74) is 3.26. The van der Waals surface area contributed by atoms with E-state index in [0.717, 1.165) is 17.7 Å². The summed E-state index contributed by atoms with van der Waals surface area (Å²) < 4.78 is 32.4. The molecule has 0 spiro atoms. The van der Waals surface area contributed by atoms with Crippen LogP contribution in [0.5, 0.6) is 23.0 Å². The van der Waals surface area contributed by atoms with Gasteiger partial charge in [0.25, 0.3) is 0 Å². The van der Waals surface area contributed by atoms with Gasteiger partial charge in [-0.25, -0.2) is 4.39 Å². The summed E-state index contributed by atoms with van der Waals surface area (Å²) in [5.74, 6) is 1.09.